The van der Waals surface area contributed by atoms with Crippen molar-refractivity contribution >= 4 is 21.9 Å². The number of nitrogens with one attached hydrogen (secondary N) is 1. The van der Waals surface area contributed by atoms with E-state index in [-0.39, 0.29) is 18.2 Å². The van der Waals surface area contributed by atoms with E-state index < -0.39 is 10.0 Å². The standard InChI is InChI=1S/C18H23N5O4S/c1-27-16-5-3-15(4-6-16)17(24)19-9-14-28(25,26)23-12-10-22(11-13-23)18-20-7-2-8-21-18/h2-8H,9-14H2,1H3,(H,19,24). The Hall–Kier alpha value is -2.72. The summed E-state index contributed by atoms with van der Waals surface area (Å²) in [5, 5.41) is 2.65. The average molecular weight is 405 g/mol. The van der Waals surface area contributed by atoms with E-state index in [1.807, 2.05) is 4.90 Å². The topological polar surface area (TPSA) is 105 Å². The van der Waals surface area contributed by atoms with Gasteiger partial charge in [0.2, 0.25) is 16.0 Å². The minimum absolute atomic E-state index is 0.0508. The summed E-state index contributed by atoms with van der Waals surface area (Å²) in [5.41, 5.74) is 0.453. The van der Waals surface area contributed by atoms with Crippen LogP contribution >= 0.6 is 0 Å². The van der Waals surface area contributed by atoms with Crippen molar-refractivity contribution in [3.63, 3.8) is 0 Å². The molecule has 1 aromatic carbocycles. The van der Waals surface area contributed by atoms with Crippen molar-refractivity contribution < 1.29 is 17.9 Å². The summed E-state index contributed by atoms with van der Waals surface area (Å²) in [7, 11) is -1.90. The molecule has 2 heterocycles. The van der Waals surface area contributed by atoms with Crippen LogP contribution in [0.25, 0.3) is 0 Å². The molecular formula is C18H23N5O4S. The molecule has 10 heteroatoms. The first-order valence-electron chi connectivity index (χ1n) is 8.91. The van der Waals surface area contributed by atoms with Crippen molar-refractivity contribution in [3.05, 3.63) is 48.3 Å². The largest absolute Gasteiger partial charge is 0.497 e. The van der Waals surface area contributed by atoms with Gasteiger partial charge in [0, 0.05) is 50.7 Å². The van der Waals surface area contributed by atoms with Crippen molar-refractivity contribution in [2.24, 2.45) is 0 Å². The maximum atomic E-state index is 12.5. The van der Waals surface area contributed by atoms with Crippen molar-refractivity contribution in [3.8, 4) is 5.75 Å². The van der Waals surface area contributed by atoms with Crippen LogP contribution in [0.1, 0.15) is 10.4 Å². The molecule has 1 aromatic heterocycles. The van der Waals surface area contributed by atoms with Crippen molar-refractivity contribution in [2.45, 2.75) is 0 Å². The van der Waals surface area contributed by atoms with Gasteiger partial charge in [-0.1, -0.05) is 0 Å². The van der Waals surface area contributed by atoms with E-state index in [0.29, 0.717) is 43.4 Å². The summed E-state index contributed by atoms with van der Waals surface area (Å²) in [6, 6.07) is 8.37. The monoisotopic (exact) mass is 405 g/mol. The molecule has 0 atom stereocenters. The van der Waals surface area contributed by atoms with Gasteiger partial charge in [0.15, 0.2) is 0 Å². The third kappa shape index (κ3) is 4.96. The third-order valence-electron chi connectivity index (χ3n) is 4.46. The van der Waals surface area contributed by atoms with Gasteiger partial charge in [-0.15, -0.1) is 0 Å². The van der Waals surface area contributed by atoms with E-state index in [4.69, 9.17) is 4.74 Å². The van der Waals surface area contributed by atoms with Crippen molar-refractivity contribution in [1.29, 1.82) is 0 Å². The van der Waals surface area contributed by atoms with Gasteiger partial charge in [0.25, 0.3) is 5.91 Å². The Kier molecular flexibility index (Phi) is 6.42. The zero-order valence-corrected chi connectivity index (χ0v) is 16.4. The SMILES string of the molecule is COc1ccc(C(=O)NCCS(=O)(=O)N2CCN(c3ncccn3)CC2)cc1. The van der Waals surface area contributed by atoms with Gasteiger partial charge in [-0.2, -0.15) is 4.31 Å². The second-order valence-electron chi connectivity index (χ2n) is 6.24. The van der Waals surface area contributed by atoms with Crippen LogP contribution in [0.2, 0.25) is 0 Å². The zero-order valence-electron chi connectivity index (χ0n) is 15.6. The Bertz CT molecular complexity index is 882. The number of aromatic nitrogens is 2. The molecule has 3 rings (SSSR count). The van der Waals surface area contributed by atoms with E-state index in [9.17, 15) is 13.2 Å². The number of carbonyl (C=O) groups is 1. The van der Waals surface area contributed by atoms with Crippen molar-refractivity contribution in [1.82, 2.24) is 19.6 Å². The summed E-state index contributed by atoms with van der Waals surface area (Å²) < 4.78 is 31.6. The van der Waals surface area contributed by atoms with Crippen LogP contribution in [0.4, 0.5) is 5.95 Å². The number of carbonyl (C=O) groups excluding carboxylic acids is 1. The highest BCUT2D eigenvalue weighted by molar-refractivity contribution is 7.89. The number of nitrogens with zero attached hydrogens (tertiary/aromatic N) is 4. The van der Waals surface area contributed by atoms with E-state index in [1.165, 1.54) is 4.31 Å². The third-order valence-corrected chi connectivity index (χ3v) is 6.34. The molecule has 1 N–H and O–H groups in total. The predicted octanol–water partition coefficient (Wildman–Crippen LogP) is 0.367. The number of sulfonamides is 1. The number of piperazine rings is 1. The van der Waals surface area contributed by atoms with E-state index >= 15 is 0 Å². The molecule has 9 nitrogen and oxygen atoms in total. The highest BCUT2D eigenvalue weighted by Crippen LogP contribution is 2.13. The molecule has 0 saturated carbocycles. The van der Waals surface area contributed by atoms with E-state index in [1.54, 1.807) is 49.8 Å². The van der Waals surface area contributed by atoms with Crippen LogP contribution in [-0.2, 0) is 10.0 Å². The number of benzene rings is 1. The molecule has 0 radical (unpaired) electrons. The molecule has 1 aliphatic heterocycles. The first-order valence-corrected chi connectivity index (χ1v) is 10.5. The molecule has 1 fully saturated rings. The Labute approximate surface area is 164 Å². The zero-order chi connectivity index (χ0) is 20.0. The number of anilines is 1. The quantitative estimate of drug-likeness (QED) is 0.709. The number of hydrogen-bond donors (Lipinski definition) is 1. The summed E-state index contributed by atoms with van der Waals surface area (Å²) in [4.78, 5) is 22.5. The Morgan fingerprint density at radius 3 is 2.36 bits per heavy atom. The smallest absolute Gasteiger partial charge is 0.251 e. The Balaban J connectivity index is 1.47. The van der Waals surface area contributed by atoms with E-state index in [0.717, 1.165) is 0 Å². The van der Waals surface area contributed by atoms with Gasteiger partial charge in [-0.3, -0.25) is 4.79 Å². The molecule has 0 aliphatic carbocycles. The number of rotatable bonds is 7. The summed E-state index contributed by atoms with van der Waals surface area (Å²) in [5.74, 6) is 0.797. The fourth-order valence-electron chi connectivity index (χ4n) is 2.89. The normalized spacial score (nSPS) is 15.2. The molecular weight excluding hydrogens is 382 g/mol. The number of ether oxygens (including phenoxy) is 1. The highest BCUT2D eigenvalue weighted by Gasteiger charge is 2.27. The lowest BCUT2D eigenvalue weighted by molar-refractivity contribution is 0.0956. The second kappa shape index (κ2) is 8.98. The molecule has 150 valence electrons. The van der Waals surface area contributed by atoms with Crippen LogP contribution in [0.5, 0.6) is 5.75 Å². The predicted molar refractivity (Wildman–Crippen MR) is 105 cm³/mol. The van der Waals surface area contributed by atoms with Gasteiger partial charge >= 0.3 is 0 Å². The number of amides is 1. The molecule has 0 spiro atoms. The molecule has 1 saturated heterocycles. The fraction of sp³-hybridized carbons (Fsp3) is 0.389. The first kappa shape index (κ1) is 20.0. The van der Waals surface area contributed by atoms with Crippen LogP contribution < -0.4 is 15.0 Å². The Morgan fingerprint density at radius 2 is 1.75 bits per heavy atom. The van der Waals surface area contributed by atoms with Gasteiger partial charge in [-0.25, -0.2) is 18.4 Å². The van der Waals surface area contributed by atoms with E-state index in [2.05, 4.69) is 15.3 Å². The fourth-order valence-corrected chi connectivity index (χ4v) is 4.23. The van der Waals surface area contributed by atoms with Gasteiger partial charge in [0.1, 0.15) is 5.75 Å². The van der Waals surface area contributed by atoms with Crippen LogP contribution in [0, 0.1) is 0 Å². The number of hydrogen-bond acceptors (Lipinski definition) is 7. The summed E-state index contributed by atoms with van der Waals surface area (Å²) in [6.45, 7) is 1.85. The lowest BCUT2D eigenvalue weighted by Crippen LogP contribution is -2.50. The van der Waals surface area contributed by atoms with Gasteiger partial charge in [-0.05, 0) is 30.3 Å². The second-order valence-corrected chi connectivity index (χ2v) is 8.32. The maximum absolute atomic E-state index is 12.5. The molecule has 2 aromatic rings. The molecule has 1 amide bonds. The molecule has 1 aliphatic rings. The van der Waals surface area contributed by atoms with Gasteiger partial charge < -0.3 is 15.0 Å². The van der Waals surface area contributed by atoms with Crippen LogP contribution in [-0.4, -0.2) is 74.2 Å². The lowest BCUT2D eigenvalue weighted by atomic mass is 10.2. The summed E-state index contributed by atoms with van der Waals surface area (Å²) >= 11 is 0. The minimum Gasteiger partial charge on any atom is -0.497 e. The van der Waals surface area contributed by atoms with Gasteiger partial charge in [0.05, 0.1) is 12.9 Å². The van der Waals surface area contributed by atoms with Crippen LogP contribution in [0.15, 0.2) is 42.7 Å². The summed E-state index contributed by atoms with van der Waals surface area (Å²) in [6.07, 6.45) is 3.33. The molecule has 0 bridgehead atoms. The maximum Gasteiger partial charge on any atom is 0.251 e. The Morgan fingerprint density at radius 1 is 1.11 bits per heavy atom. The minimum atomic E-state index is -3.45. The van der Waals surface area contributed by atoms with Crippen LogP contribution in [0.3, 0.4) is 0 Å². The molecule has 28 heavy (non-hydrogen) atoms. The lowest BCUT2D eigenvalue weighted by Gasteiger charge is -2.33. The highest BCUT2D eigenvalue weighted by atomic mass is 32.2. The average Bonchev–Trinajstić information content (AvgIpc) is 2.74. The number of methoxy groups -OCH3 is 1. The first-order chi connectivity index (χ1) is 13.5. The van der Waals surface area contributed by atoms with Crippen molar-refractivity contribution in [2.75, 3.05) is 50.5 Å². The molecule has 0 unspecified atom stereocenters.